The van der Waals surface area contributed by atoms with Gasteiger partial charge in [0.05, 0.1) is 0 Å². The van der Waals surface area contributed by atoms with E-state index in [0.29, 0.717) is 0 Å². The Labute approximate surface area is 191 Å². The minimum atomic E-state index is 0.787. The van der Waals surface area contributed by atoms with Crippen molar-refractivity contribution in [3.8, 4) is 0 Å². The minimum absolute atomic E-state index is 0.787. The van der Waals surface area contributed by atoms with Crippen LogP contribution in [0.1, 0.15) is 143 Å². The van der Waals surface area contributed by atoms with Crippen LogP contribution in [0.15, 0.2) is 0 Å². The number of nitrogens with zero attached hydrogens (tertiary/aromatic N) is 2. The smallest absolute Gasteiger partial charge is 0.0113 e. The van der Waals surface area contributed by atoms with Crippen molar-refractivity contribution in [1.82, 2.24) is 9.80 Å². The topological polar surface area (TPSA) is 6.48 Å². The monoisotopic (exact) mass is 422 g/mol. The molecule has 1 heterocycles. The molecule has 1 aliphatic heterocycles. The average Bonchev–Trinajstić information content (AvgIpc) is 2.77. The zero-order valence-electron chi connectivity index (χ0n) is 21.6. The fourth-order valence-electron chi connectivity index (χ4n) is 5.13. The summed E-state index contributed by atoms with van der Waals surface area (Å²) in [5, 5.41) is 0. The molecular formula is C28H58N2. The molecule has 0 aliphatic carbocycles. The first-order chi connectivity index (χ1) is 14.7. The van der Waals surface area contributed by atoms with E-state index >= 15 is 0 Å². The third-order valence-corrected chi connectivity index (χ3v) is 7.55. The van der Waals surface area contributed by atoms with Crippen LogP contribution in [0, 0.1) is 0 Å². The van der Waals surface area contributed by atoms with Crippen LogP contribution in [-0.4, -0.2) is 48.1 Å². The first-order valence-corrected chi connectivity index (χ1v) is 14.2. The van der Waals surface area contributed by atoms with Gasteiger partial charge in [-0.1, -0.05) is 117 Å². The molecule has 0 radical (unpaired) electrons. The molecule has 0 aromatic carbocycles. The van der Waals surface area contributed by atoms with Crippen LogP contribution in [0.25, 0.3) is 0 Å². The molecule has 2 heteroatoms. The van der Waals surface area contributed by atoms with Crippen LogP contribution in [-0.2, 0) is 0 Å². The van der Waals surface area contributed by atoms with E-state index in [9.17, 15) is 0 Å². The first-order valence-electron chi connectivity index (χ1n) is 14.2. The molecule has 0 spiro atoms. The molecule has 2 nitrogen and oxygen atoms in total. The first kappa shape index (κ1) is 28.0. The predicted octanol–water partition coefficient (Wildman–Crippen LogP) is 8.44. The predicted molar refractivity (Wildman–Crippen MR) is 137 cm³/mol. The highest BCUT2D eigenvalue weighted by atomic mass is 15.3. The van der Waals surface area contributed by atoms with Gasteiger partial charge < -0.3 is 0 Å². The number of piperazine rings is 1. The lowest BCUT2D eigenvalue weighted by Gasteiger charge is -2.40. The van der Waals surface area contributed by atoms with Crippen LogP contribution in [0.2, 0.25) is 0 Å². The highest BCUT2D eigenvalue weighted by molar-refractivity contribution is 4.79. The van der Waals surface area contributed by atoms with E-state index in [4.69, 9.17) is 0 Å². The van der Waals surface area contributed by atoms with Crippen LogP contribution in [0.4, 0.5) is 0 Å². The minimum Gasteiger partial charge on any atom is -0.298 e. The van der Waals surface area contributed by atoms with Crippen molar-refractivity contribution >= 4 is 0 Å². The molecule has 1 aliphatic rings. The van der Waals surface area contributed by atoms with Crippen molar-refractivity contribution < 1.29 is 0 Å². The van der Waals surface area contributed by atoms with Crippen molar-refractivity contribution in [2.24, 2.45) is 0 Å². The van der Waals surface area contributed by atoms with Gasteiger partial charge in [-0.15, -0.1) is 0 Å². The van der Waals surface area contributed by atoms with Crippen molar-refractivity contribution in [2.75, 3.05) is 26.2 Å². The van der Waals surface area contributed by atoms with Gasteiger partial charge in [0.25, 0.3) is 0 Å². The second-order valence-electron chi connectivity index (χ2n) is 10.3. The Morgan fingerprint density at radius 1 is 0.433 bits per heavy atom. The molecule has 0 aromatic rings. The van der Waals surface area contributed by atoms with Crippen molar-refractivity contribution in [3.63, 3.8) is 0 Å². The molecule has 2 unspecified atom stereocenters. The van der Waals surface area contributed by atoms with Gasteiger partial charge in [-0.05, 0) is 26.7 Å². The van der Waals surface area contributed by atoms with Gasteiger partial charge in [0, 0.05) is 38.3 Å². The lowest BCUT2D eigenvalue weighted by molar-refractivity contribution is 0.0719. The largest absolute Gasteiger partial charge is 0.298 e. The van der Waals surface area contributed by atoms with Gasteiger partial charge >= 0.3 is 0 Å². The zero-order valence-corrected chi connectivity index (χ0v) is 21.6. The van der Waals surface area contributed by atoms with Crippen LogP contribution < -0.4 is 0 Å². The molecule has 0 bridgehead atoms. The third-order valence-electron chi connectivity index (χ3n) is 7.55. The summed E-state index contributed by atoms with van der Waals surface area (Å²) in [4.78, 5) is 5.53. The third kappa shape index (κ3) is 14.1. The molecule has 0 aromatic heterocycles. The number of unbranched alkanes of at least 4 members (excludes halogenated alkanes) is 14. The van der Waals surface area contributed by atoms with E-state index in [0.717, 1.165) is 12.1 Å². The molecule has 1 saturated heterocycles. The summed E-state index contributed by atoms with van der Waals surface area (Å²) in [7, 11) is 0. The summed E-state index contributed by atoms with van der Waals surface area (Å²) in [6.07, 6.45) is 25.8. The second-order valence-corrected chi connectivity index (χ2v) is 10.3. The molecule has 0 N–H and O–H groups in total. The fourth-order valence-corrected chi connectivity index (χ4v) is 5.13. The lowest BCUT2D eigenvalue weighted by Crippen LogP contribution is -2.52. The van der Waals surface area contributed by atoms with E-state index in [-0.39, 0.29) is 0 Å². The van der Waals surface area contributed by atoms with E-state index in [1.807, 2.05) is 0 Å². The van der Waals surface area contributed by atoms with Crippen molar-refractivity contribution in [3.05, 3.63) is 0 Å². The van der Waals surface area contributed by atoms with Gasteiger partial charge in [0.2, 0.25) is 0 Å². The molecule has 30 heavy (non-hydrogen) atoms. The standard InChI is InChI=1S/C28H58N2/c1-5-7-9-11-13-15-17-19-21-27(3)29-23-25-30(26-24-29)28(4)22-20-18-16-14-12-10-8-6-2/h27-28H,5-26H2,1-4H3. The fraction of sp³-hybridized carbons (Fsp3) is 1.00. The normalized spacial score (nSPS) is 18.0. The van der Waals surface area contributed by atoms with E-state index < -0.39 is 0 Å². The highest BCUT2D eigenvalue weighted by Gasteiger charge is 2.23. The SMILES string of the molecule is CCCCCCCCCCC(C)N1CCN(C(C)CCCCCCCCCC)CC1. The Kier molecular flexibility index (Phi) is 18.3. The van der Waals surface area contributed by atoms with E-state index in [1.165, 1.54) is 142 Å². The lowest BCUT2D eigenvalue weighted by atomic mass is 10.0. The molecule has 0 amide bonds. The maximum atomic E-state index is 2.76. The van der Waals surface area contributed by atoms with E-state index in [2.05, 4.69) is 37.5 Å². The average molecular weight is 423 g/mol. The number of hydrogen-bond acceptors (Lipinski definition) is 2. The number of rotatable bonds is 20. The van der Waals surface area contributed by atoms with Gasteiger partial charge in [-0.25, -0.2) is 0 Å². The summed E-state index contributed by atoms with van der Waals surface area (Å²) < 4.78 is 0. The van der Waals surface area contributed by atoms with Crippen molar-refractivity contribution in [1.29, 1.82) is 0 Å². The van der Waals surface area contributed by atoms with Gasteiger partial charge in [0.1, 0.15) is 0 Å². The summed E-state index contributed by atoms with van der Waals surface area (Å²) in [5.74, 6) is 0. The van der Waals surface area contributed by atoms with Crippen LogP contribution in [0.5, 0.6) is 0 Å². The van der Waals surface area contributed by atoms with Crippen LogP contribution in [0.3, 0.4) is 0 Å². The molecule has 180 valence electrons. The molecule has 1 rings (SSSR count). The second kappa shape index (κ2) is 19.6. The van der Waals surface area contributed by atoms with Gasteiger partial charge in [-0.3, -0.25) is 9.80 Å². The Morgan fingerprint density at radius 3 is 1.00 bits per heavy atom. The maximum Gasteiger partial charge on any atom is 0.0113 e. The Hall–Kier alpha value is -0.0800. The van der Waals surface area contributed by atoms with Gasteiger partial charge in [-0.2, -0.15) is 0 Å². The van der Waals surface area contributed by atoms with Crippen LogP contribution >= 0.6 is 0 Å². The Balaban J connectivity index is 1.99. The summed E-state index contributed by atoms with van der Waals surface area (Å²) in [6, 6.07) is 1.57. The summed E-state index contributed by atoms with van der Waals surface area (Å²) in [6.45, 7) is 14.7. The Bertz CT molecular complexity index is 315. The molecule has 0 saturated carbocycles. The van der Waals surface area contributed by atoms with E-state index in [1.54, 1.807) is 0 Å². The number of hydrogen-bond donors (Lipinski definition) is 0. The molecule has 1 fully saturated rings. The maximum absolute atomic E-state index is 2.76. The highest BCUT2D eigenvalue weighted by Crippen LogP contribution is 2.18. The molecule has 2 atom stereocenters. The van der Waals surface area contributed by atoms with Gasteiger partial charge in [0.15, 0.2) is 0 Å². The van der Waals surface area contributed by atoms with Crippen molar-refractivity contribution in [2.45, 2.75) is 155 Å². The summed E-state index contributed by atoms with van der Waals surface area (Å²) in [5.41, 5.74) is 0. The molecular weight excluding hydrogens is 364 g/mol. The zero-order chi connectivity index (χ0) is 21.9. The summed E-state index contributed by atoms with van der Waals surface area (Å²) >= 11 is 0. The Morgan fingerprint density at radius 2 is 0.700 bits per heavy atom. The quantitative estimate of drug-likeness (QED) is 0.182.